The van der Waals surface area contributed by atoms with E-state index in [2.05, 4.69) is 37.9 Å². The van der Waals surface area contributed by atoms with Crippen molar-refractivity contribution in [1.29, 1.82) is 0 Å². The van der Waals surface area contributed by atoms with Gasteiger partial charge in [0.15, 0.2) is 0 Å². The van der Waals surface area contributed by atoms with Gasteiger partial charge in [0, 0.05) is 25.3 Å². The first kappa shape index (κ1) is 10.9. The lowest BCUT2D eigenvalue weighted by Gasteiger charge is -1.96. The number of fused-ring (bicyclic) bond motifs is 1. The molecule has 0 radical (unpaired) electrons. The Morgan fingerprint density at radius 2 is 2.00 bits per heavy atom. The summed E-state index contributed by atoms with van der Waals surface area (Å²) in [5.41, 5.74) is 1.35. The summed E-state index contributed by atoms with van der Waals surface area (Å²) in [5.74, 6) is 0. The molecule has 1 aromatic heterocycles. The minimum Gasteiger partial charge on any atom is -0.139 e. The van der Waals surface area contributed by atoms with E-state index >= 15 is 0 Å². The fourth-order valence-corrected chi connectivity index (χ4v) is 4.16. The number of halogens is 3. The topological polar surface area (TPSA) is 0 Å². The van der Waals surface area contributed by atoms with Crippen LogP contribution in [-0.2, 0) is 10.7 Å². The summed E-state index contributed by atoms with van der Waals surface area (Å²) in [6, 6.07) is 6.06. The molecular formula is C10H7Br2ClS. The van der Waals surface area contributed by atoms with E-state index in [1.54, 1.807) is 0 Å². The highest BCUT2D eigenvalue weighted by Gasteiger charge is 2.10. The van der Waals surface area contributed by atoms with Crippen molar-refractivity contribution < 1.29 is 0 Å². The second-order valence-electron chi connectivity index (χ2n) is 2.91. The second kappa shape index (κ2) is 4.52. The highest BCUT2D eigenvalue weighted by atomic mass is 79.9. The molecule has 1 aromatic carbocycles. The van der Waals surface area contributed by atoms with E-state index in [1.165, 1.54) is 20.5 Å². The molecule has 0 spiro atoms. The Bertz CT molecular complexity index is 464. The van der Waals surface area contributed by atoms with Crippen LogP contribution >= 0.6 is 54.8 Å². The maximum absolute atomic E-state index is 5.98. The van der Waals surface area contributed by atoms with Crippen molar-refractivity contribution in [2.75, 3.05) is 0 Å². The van der Waals surface area contributed by atoms with Gasteiger partial charge in [0.1, 0.15) is 0 Å². The minimum atomic E-state index is 0.804. The van der Waals surface area contributed by atoms with E-state index in [0.29, 0.717) is 0 Å². The molecule has 2 aromatic rings. The fourth-order valence-electron chi connectivity index (χ4n) is 1.43. The zero-order valence-corrected chi connectivity index (χ0v) is 11.9. The molecule has 0 unspecified atom stereocenters. The predicted octanol–water partition coefficient (Wildman–Crippen LogP) is 5.34. The molecule has 0 saturated carbocycles. The summed E-state index contributed by atoms with van der Waals surface area (Å²) in [6.07, 6.45) is 0. The summed E-state index contributed by atoms with van der Waals surface area (Å²) in [7, 11) is 0. The van der Waals surface area contributed by atoms with Crippen LogP contribution in [0.5, 0.6) is 0 Å². The van der Waals surface area contributed by atoms with Crippen LogP contribution in [0.4, 0.5) is 0 Å². The number of alkyl halides is 2. The largest absolute Gasteiger partial charge is 0.139 e. The lowest BCUT2D eigenvalue weighted by Crippen LogP contribution is -1.79. The van der Waals surface area contributed by atoms with Gasteiger partial charge in [-0.25, -0.2) is 0 Å². The second-order valence-corrected chi connectivity index (χ2v) is 5.61. The molecule has 14 heavy (non-hydrogen) atoms. The Morgan fingerprint density at radius 3 is 2.64 bits per heavy atom. The maximum atomic E-state index is 5.98. The molecule has 0 amide bonds. The van der Waals surface area contributed by atoms with E-state index in [9.17, 15) is 0 Å². The van der Waals surface area contributed by atoms with Crippen molar-refractivity contribution in [3.8, 4) is 0 Å². The zero-order valence-electron chi connectivity index (χ0n) is 7.19. The van der Waals surface area contributed by atoms with Crippen molar-refractivity contribution in [1.82, 2.24) is 0 Å². The van der Waals surface area contributed by atoms with Crippen LogP contribution in [0, 0.1) is 0 Å². The molecular weight excluding hydrogens is 347 g/mol. The third-order valence-electron chi connectivity index (χ3n) is 2.09. The molecule has 2 rings (SSSR count). The molecule has 4 heteroatoms. The summed E-state index contributed by atoms with van der Waals surface area (Å²) in [4.78, 5) is 1.37. The van der Waals surface area contributed by atoms with E-state index in [1.807, 2.05) is 23.5 Å². The van der Waals surface area contributed by atoms with E-state index in [0.717, 1.165) is 15.7 Å². The van der Waals surface area contributed by atoms with Crippen LogP contribution in [-0.4, -0.2) is 0 Å². The number of thiophene rings is 1. The monoisotopic (exact) mass is 352 g/mol. The Balaban J connectivity index is 2.74. The highest BCUT2D eigenvalue weighted by Crippen LogP contribution is 2.35. The van der Waals surface area contributed by atoms with Crippen molar-refractivity contribution >= 4 is 64.9 Å². The predicted molar refractivity (Wildman–Crippen MR) is 72.1 cm³/mol. The van der Waals surface area contributed by atoms with Crippen molar-refractivity contribution in [2.24, 2.45) is 0 Å². The smallest absolute Gasteiger partial charge is 0.0413 e. The first-order valence-electron chi connectivity index (χ1n) is 4.08. The summed E-state index contributed by atoms with van der Waals surface area (Å²) < 4.78 is 1.30. The normalized spacial score (nSPS) is 11.1. The van der Waals surface area contributed by atoms with Gasteiger partial charge >= 0.3 is 0 Å². The van der Waals surface area contributed by atoms with Gasteiger partial charge in [-0.05, 0) is 29.1 Å². The van der Waals surface area contributed by atoms with Crippen molar-refractivity contribution in [2.45, 2.75) is 10.7 Å². The molecule has 0 nitrogen and oxygen atoms in total. The van der Waals surface area contributed by atoms with Crippen LogP contribution in [0.2, 0.25) is 5.02 Å². The van der Waals surface area contributed by atoms with Gasteiger partial charge in [-0.2, -0.15) is 0 Å². The fraction of sp³-hybridized carbons (Fsp3) is 0.200. The van der Waals surface area contributed by atoms with E-state index in [-0.39, 0.29) is 0 Å². The van der Waals surface area contributed by atoms with Crippen molar-refractivity contribution in [3.05, 3.63) is 33.7 Å². The van der Waals surface area contributed by atoms with E-state index < -0.39 is 0 Å². The number of hydrogen-bond donors (Lipinski definition) is 0. The molecule has 0 fully saturated rings. The highest BCUT2D eigenvalue weighted by molar-refractivity contribution is 9.09. The molecule has 0 aliphatic heterocycles. The zero-order chi connectivity index (χ0) is 10.1. The van der Waals surface area contributed by atoms with Gasteiger partial charge in [-0.3, -0.25) is 0 Å². The molecule has 0 atom stereocenters. The standard InChI is InChI=1S/C10H7Br2ClS/c11-4-8-7-3-6(13)1-2-9(7)14-10(8)5-12/h1-3H,4-5H2. The number of hydrogen-bond acceptors (Lipinski definition) is 1. The summed E-state index contributed by atoms with van der Waals surface area (Å²) in [6.45, 7) is 0. The third-order valence-corrected chi connectivity index (χ3v) is 5.03. The quantitative estimate of drug-likeness (QED) is 0.638. The average molecular weight is 354 g/mol. The van der Waals surface area contributed by atoms with Crippen LogP contribution in [0.25, 0.3) is 10.1 Å². The molecule has 0 aliphatic carbocycles. The lowest BCUT2D eigenvalue weighted by atomic mass is 10.1. The molecule has 1 heterocycles. The SMILES string of the molecule is Clc1ccc2sc(CBr)c(CBr)c2c1. The van der Waals surface area contributed by atoms with Gasteiger partial charge in [0.2, 0.25) is 0 Å². The Labute approximate surface area is 109 Å². The minimum absolute atomic E-state index is 0.804. The van der Waals surface area contributed by atoms with Crippen LogP contribution in [0.3, 0.4) is 0 Å². The van der Waals surface area contributed by atoms with Crippen LogP contribution < -0.4 is 0 Å². The average Bonchev–Trinajstić information content (AvgIpc) is 2.54. The first-order chi connectivity index (χ1) is 6.76. The molecule has 0 saturated heterocycles. The van der Waals surface area contributed by atoms with Crippen LogP contribution in [0.1, 0.15) is 10.4 Å². The molecule has 0 aliphatic rings. The van der Waals surface area contributed by atoms with Gasteiger partial charge in [-0.1, -0.05) is 43.5 Å². The van der Waals surface area contributed by atoms with Crippen molar-refractivity contribution in [3.63, 3.8) is 0 Å². The number of rotatable bonds is 2. The Kier molecular flexibility index (Phi) is 3.53. The third kappa shape index (κ3) is 1.87. The maximum Gasteiger partial charge on any atom is 0.0413 e. The molecule has 0 bridgehead atoms. The van der Waals surface area contributed by atoms with Crippen LogP contribution in [0.15, 0.2) is 18.2 Å². The Morgan fingerprint density at radius 1 is 1.21 bits per heavy atom. The first-order valence-corrected chi connectivity index (χ1v) is 7.51. The van der Waals surface area contributed by atoms with Gasteiger partial charge in [0.05, 0.1) is 0 Å². The summed E-state index contributed by atoms with van der Waals surface area (Å²) >= 11 is 14.8. The van der Waals surface area contributed by atoms with E-state index in [4.69, 9.17) is 11.6 Å². The molecule has 74 valence electrons. The lowest BCUT2D eigenvalue weighted by molar-refractivity contribution is 1.42. The number of benzene rings is 1. The van der Waals surface area contributed by atoms with Gasteiger partial charge < -0.3 is 0 Å². The van der Waals surface area contributed by atoms with Gasteiger partial charge in [0.25, 0.3) is 0 Å². The Hall–Kier alpha value is 0.430. The summed E-state index contributed by atoms with van der Waals surface area (Å²) in [5, 5.41) is 3.87. The molecule has 0 N–H and O–H groups in total. The van der Waals surface area contributed by atoms with Gasteiger partial charge in [-0.15, -0.1) is 11.3 Å².